The molecule has 0 bridgehead atoms. The van der Waals surface area contributed by atoms with E-state index in [4.69, 9.17) is 4.74 Å². The Bertz CT molecular complexity index is 618. The van der Waals surface area contributed by atoms with Gasteiger partial charge in [-0.1, -0.05) is 12.1 Å². The number of hydrogen-bond acceptors (Lipinski definition) is 5. The fourth-order valence-electron chi connectivity index (χ4n) is 2.22. The molecule has 1 aliphatic heterocycles. The number of likely N-dealkylation sites (N-methyl/N-ethyl adjacent to an activating group) is 1. The fraction of sp³-hybridized carbons (Fsp3) is 0.438. The van der Waals surface area contributed by atoms with Crippen molar-refractivity contribution in [2.75, 3.05) is 32.3 Å². The van der Waals surface area contributed by atoms with Gasteiger partial charge in [0, 0.05) is 25.4 Å². The van der Waals surface area contributed by atoms with Gasteiger partial charge in [0.1, 0.15) is 11.8 Å². The van der Waals surface area contributed by atoms with Crippen LogP contribution in [0.4, 0.5) is 0 Å². The molecule has 1 aromatic carbocycles. The highest BCUT2D eigenvalue weighted by Crippen LogP contribution is 2.22. The molecule has 0 saturated carbocycles. The molecule has 1 aliphatic rings. The molecule has 1 heterocycles. The van der Waals surface area contributed by atoms with Crippen molar-refractivity contribution in [1.82, 2.24) is 9.80 Å². The van der Waals surface area contributed by atoms with Gasteiger partial charge in [-0.25, -0.2) is 0 Å². The highest BCUT2D eigenvalue weighted by atomic mass is 32.2. The molecule has 124 valence electrons. The van der Waals surface area contributed by atoms with Crippen molar-refractivity contribution in [3.05, 3.63) is 29.8 Å². The van der Waals surface area contributed by atoms with Crippen LogP contribution in [0.2, 0.25) is 0 Å². The van der Waals surface area contributed by atoms with Crippen molar-refractivity contribution in [2.24, 2.45) is 0 Å². The second-order valence-electron chi connectivity index (χ2n) is 5.48. The first-order valence-corrected chi connectivity index (χ1v) is 8.38. The lowest BCUT2D eigenvalue weighted by Gasteiger charge is -2.25. The number of ether oxygens (including phenoxy) is 1. The van der Waals surface area contributed by atoms with Crippen LogP contribution in [0.15, 0.2) is 24.3 Å². The van der Waals surface area contributed by atoms with Gasteiger partial charge in [0.2, 0.25) is 5.91 Å². The number of Topliss-reactive ketones (excluding diaryl/α,β-unsaturated/α-hetero) is 1. The molecule has 1 atom stereocenters. The monoisotopic (exact) mass is 336 g/mol. The molecule has 1 unspecified atom stereocenters. The molecule has 0 spiro atoms. The quantitative estimate of drug-likeness (QED) is 0.757. The van der Waals surface area contributed by atoms with Crippen LogP contribution < -0.4 is 4.74 Å². The molecule has 1 saturated heterocycles. The lowest BCUT2D eigenvalue weighted by atomic mass is 10.1. The smallest absolute Gasteiger partial charge is 0.261 e. The summed E-state index contributed by atoms with van der Waals surface area (Å²) in [6.07, 6.45) is 0. The van der Waals surface area contributed by atoms with Crippen molar-refractivity contribution in [3.63, 3.8) is 0 Å². The summed E-state index contributed by atoms with van der Waals surface area (Å²) in [5, 5.41) is 0. The molecule has 0 aromatic heterocycles. The van der Waals surface area contributed by atoms with Crippen LogP contribution in [0.3, 0.4) is 0 Å². The summed E-state index contributed by atoms with van der Waals surface area (Å²) in [6, 6.07) is 6.27. The van der Waals surface area contributed by atoms with Gasteiger partial charge in [0.25, 0.3) is 5.91 Å². The first kappa shape index (κ1) is 17.3. The number of nitrogens with zero attached hydrogens (tertiary/aromatic N) is 2. The number of ketones is 1. The van der Waals surface area contributed by atoms with Crippen molar-refractivity contribution in [1.29, 1.82) is 0 Å². The van der Waals surface area contributed by atoms with Crippen LogP contribution in [0.5, 0.6) is 5.75 Å². The Morgan fingerprint density at radius 2 is 2.09 bits per heavy atom. The first-order valence-electron chi connectivity index (χ1n) is 7.22. The molecule has 6 nitrogen and oxygen atoms in total. The topological polar surface area (TPSA) is 66.9 Å². The lowest BCUT2D eigenvalue weighted by molar-refractivity contribution is -0.143. The average Bonchev–Trinajstić information content (AvgIpc) is 3.01. The van der Waals surface area contributed by atoms with Crippen molar-refractivity contribution >= 4 is 29.4 Å². The largest absolute Gasteiger partial charge is 0.484 e. The number of carbonyl (C=O) groups is 3. The minimum atomic E-state index is -0.436. The highest BCUT2D eigenvalue weighted by molar-refractivity contribution is 7.99. The van der Waals surface area contributed by atoms with E-state index < -0.39 is 6.04 Å². The normalized spacial score (nSPS) is 17.0. The molecule has 1 fully saturated rings. The third-order valence-corrected chi connectivity index (χ3v) is 4.54. The van der Waals surface area contributed by atoms with E-state index in [2.05, 4.69) is 0 Å². The number of rotatable bonds is 5. The van der Waals surface area contributed by atoms with Crippen LogP contribution in [0.1, 0.15) is 17.3 Å². The predicted molar refractivity (Wildman–Crippen MR) is 88.6 cm³/mol. The number of thioether (sulfide) groups is 1. The van der Waals surface area contributed by atoms with Gasteiger partial charge in [-0.2, -0.15) is 0 Å². The fourth-order valence-corrected chi connectivity index (χ4v) is 3.40. The van der Waals surface area contributed by atoms with Crippen molar-refractivity contribution in [2.45, 2.75) is 13.0 Å². The lowest BCUT2D eigenvalue weighted by Crippen LogP contribution is -2.48. The first-order chi connectivity index (χ1) is 10.9. The molecule has 0 aliphatic carbocycles. The number of hydrogen-bond donors (Lipinski definition) is 0. The van der Waals surface area contributed by atoms with Gasteiger partial charge in [0.05, 0.1) is 5.88 Å². The van der Waals surface area contributed by atoms with E-state index in [0.717, 1.165) is 0 Å². The van der Waals surface area contributed by atoms with E-state index in [9.17, 15) is 14.4 Å². The summed E-state index contributed by atoms with van der Waals surface area (Å²) in [5.74, 6) is 1.18. The molecule has 23 heavy (non-hydrogen) atoms. The molecule has 7 heteroatoms. The summed E-state index contributed by atoms with van der Waals surface area (Å²) < 4.78 is 5.48. The van der Waals surface area contributed by atoms with E-state index in [0.29, 0.717) is 22.9 Å². The molecule has 2 rings (SSSR count). The summed E-state index contributed by atoms with van der Waals surface area (Å²) in [5.41, 5.74) is 0.535. The molecular formula is C16H20N2O4S. The zero-order chi connectivity index (χ0) is 17.0. The summed E-state index contributed by atoms with van der Waals surface area (Å²) in [7, 11) is 3.36. The summed E-state index contributed by atoms with van der Waals surface area (Å²) >= 11 is 1.55. The minimum Gasteiger partial charge on any atom is -0.484 e. The molecule has 2 amide bonds. The maximum atomic E-state index is 12.3. The SMILES string of the molecule is CC(=O)c1cccc(OCC(=O)N2CSCC2C(=O)N(C)C)c1. The van der Waals surface area contributed by atoms with Crippen LogP contribution >= 0.6 is 11.8 Å². The Kier molecular flexibility index (Phi) is 5.65. The number of amides is 2. The maximum Gasteiger partial charge on any atom is 0.261 e. The average molecular weight is 336 g/mol. The van der Waals surface area contributed by atoms with E-state index in [1.807, 2.05) is 0 Å². The Balaban J connectivity index is 1.98. The predicted octanol–water partition coefficient (Wildman–Crippen LogP) is 1.26. The third-order valence-electron chi connectivity index (χ3n) is 3.53. The minimum absolute atomic E-state index is 0.0608. The zero-order valence-corrected chi connectivity index (χ0v) is 14.3. The summed E-state index contributed by atoms with van der Waals surface area (Å²) in [4.78, 5) is 38.8. The van der Waals surface area contributed by atoms with Crippen molar-refractivity contribution in [3.8, 4) is 5.75 Å². The number of benzene rings is 1. The van der Waals surface area contributed by atoms with Crippen molar-refractivity contribution < 1.29 is 19.1 Å². The van der Waals surface area contributed by atoms with E-state index >= 15 is 0 Å². The van der Waals surface area contributed by atoms with Gasteiger partial charge >= 0.3 is 0 Å². The van der Waals surface area contributed by atoms with E-state index in [1.165, 1.54) is 11.8 Å². The maximum absolute atomic E-state index is 12.3. The zero-order valence-electron chi connectivity index (χ0n) is 13.4. The Hall–Kier alpha value is -2.02. The van der Waals surface area contributed by atoms with E-state index in [1.54, 1.807) is 55.0 Å². The van der Waals surface area contributed by atoms with Gasteiger partial charge < -0.3 is 14.5 Å². The Morgan fingerprint density at radius 3 is 2.74 bits per heavy atom. The van der Waals surface area contributed by atoms with Gasteiger partial charge in [-0.15, -0.1) is 11.8 Å². The third kappa shape index (κ3) is 4.25. The number of carbonyl (C=O) groups excluding carboxylic acids is 3. The highest BCUT2D eigenvalue weighted by Gasteiger charge is 2.35. The molecular weight excluding hydrogens is 316 g/mol. The van der Waals surface area contributed by atoms with Gasteiger partial charge in [0.15, 0.2) is 12.4 Å². The van der Waals surface area contributed by atoms with Gasteiger partial charge in [-0.05, 0) is 19.1 Å². The second-order valence-corrected chi connectivity index (χ2v) is 6.48. The van der Waals surface area contributed by atoms with Crippen LogP contribution in [-0.2, 0) is 9.59 Å². The van der Waals surface area contributed by atoms with Crippen LogP contribution in [0, 0.1) is 0 Å². The standard InChI is InChI=1S/C16H20N2O4S/c1-11(19)12-5-4-6-13(7-12)22-8-15(20)18-10-23-9-14(18)16(21)17(2)3/h4-7,14H,8-10H2,1-3H3. The summed E-state index contributed by atoms with van der Waals surface area (Å²) in [6.45, 7) is 1.32. The second kappa shape index (κ2) is 7.50. The molecule has 0 N–H and O–H groups in total. The Labute approximate surface area is 139 Å². The van der Waals surface area contributed by atoms with Crippen LogP contribution in [-0.4, -0.2) is 65.8 Å². The van der Waals surface area contributed by atoms with E-state index in [-0.39, 0.29) is 24.2 Å². The molecule has 0 radical (unpaired) electrons. The van der Waals surface area contributed by atoms with Crippen LogP contribution in [0.25, 0.3) is 0 Å². The van der Waals surface area contributed by atoms with Gasteiger partial charge in [-0.3, -0.25) is 14.4 Å². The Morgan fingerprint density at radius 1 is 1.35 bits per heavy atom. The molecule has 1 aromatic rings.